The van der Waals surface area contributed by atoms with Crippen LogP contribution in [0.1, 0.15) is 16.1 Å². The summed E-state index contributed by atoms with van der Waals surface area (Å²) < 4.78 is 21.8. The maximum Gasteiger partial charge on any atom is 0.276 e. The number of benzene rings is 2. The molecular formula is C20H16ClFN6O2. The van der Waals surface area contributed by atoms with Crippen LogP contribution in [0.15, 0.2) is 67.1 Å². The second kappa shape index (κ2) is 8.75. The predicted molar refractivity (Wildman–Crippen MR) is 108 cm³/mol. The molecule has 0 fully saturated rings. The summed E-state index contributed by atoms with van der Waals surface area (Å²) in [6, 6.07) is 14.8. The molecule has 0 aliphatic rings. The van der Waals surface area contributed by atoms with Crippen molar-refractivity contribution in [2.45, 2.75) is 13.3 Å². The number of halogens is 2. The van der Waals surface area contributed by atoms with Gasteiger partial charge < -0.3 is 4.74 Å². The number of carbonyl (C=O) groups is 1. The first-order chi connectivity index (χ1) is 14.6. The lowest BCUT2D eigenvalue weighted by molar-refractivity contribution is 0.100. The summed E-state index contributed by atoms with van der Waals surface area (Å²) in [6.07, 6.45) is 2.94. The average molecular weight is 427 g/mol. The van der Waals surface area contributed by atoms with E-state index in [2.05, 4.69) is 20.5 Å². The van der Waals surface area contributed by atoms with Crippen LogP contribution < -0.4 is 10.1 Å². The first kappa shape index (κ1) is 19.6. The van der Waals surface area contributed by atoms with E-state index in [-0.39, 0.29) is 24.2 Å². The van der Waals surface area contributed by atoms with E-state index in [0.29, 0.717) is 17.3 Å². The van der Waals surface area contributed by atoms with E-state index in [1.165, 1.54) is 34.0 Å². The molecule has 30 heavy (non-hydrogen) atoms. The Kier molecular flexibility index (Phi) is 5.71. The van der Waals surface area contributed by atoms with E-state index < -0.39 is 5.91 Å². The van der Waals surface area contributed by atoms with E-state index in [1.54, 1.807) is 42.5 Å². The summed E-state index contributed by atoms with van der Waals surface area (Å²) in [7, 11) is 0. The van der Waals surface area contributed by atoms with Gasteiger partial charge in [-0.15, -0.1) is 5.10 Å². The predicted octanol–water partition coefficient (Wildman–Crippen LogP) is 3.60. The average Bonchev–Trinajstić information content (AvgIpc) is 3.37. The topological polar surface area (TPSA) is 86.9 Å². The lowest BCUT2D eigenvalue weighted by atomic mass is 10.2. The molecule has 0 spiro atoms. The molecule has 0 saturated heterocycles. The van der Waals surface area contributed by atoms with Gasteiger partial charge >= 0.3 is 0 Å². The van der Waals surface area contributed by atoms with Gasteiger partial charge in [0.05, 0.1) is 11.6 Å². The van der Waals surface area contributed by atoms with Crippen LogP contribution in [0.5, 0.6) is 5.75 Å². The molecule has 0 aliphatic heterocycles. The summed E-state index contributed by atoms with van der Waals surface area (Å²) in [5.41, 5.74) is 0.996. The largest absolute Gasteiger partial charge is 0.470 e. The van der Waals surface area contributed by atoms with Crippen molar-refractivity contribution in [1.29, 1.82) is 0 Å². The van der Waals surface area contributed by atoms with Crippen LogP contribution >= 0.6 is 11.6 Å². The highest BCUT2D eigenvalue weighted by Crippen LogP contribution is 2.23. The van der Waals surface area contributed by atoms with Crippen molar-refractivity contribution in [2.24, 2.45) is 0 Å². The number of ether oxygens (including phenoxy) is 1. The molecule has 0 aliphatic carbocycles. The molecule has 4 rings (SSSR count). The molecule has 0 saturated carbocycles. The third-order valence-electron chi connectivity index (χ3n) is 4.12. The lowest BCUT2D eigenvalue weighted by Crippen LogP contribution is -2.20. The Morgan fingerprint density at radius 1 is 1.17 bits per heavy atom. The molecule has 1 N–H and O–H groups in total. The van der Waals surface area contributed by atoms with Crippen LogP contribution in [0.3, 0.4) is 0 Å². The van der Waals surface area contributed by atoms with Crippen molar-refractivity contribution >= 4 is 23.5 Å². The van der Waals surface area contributed by atoms with Gasteiger partial charge in [0.2, 0.25) is 5.95 Å². The first-order valence-corrected chi connectivity index (χ1v) is 9.31. The SMILES string of the molecule is O=C(Nc1ncn(Cc2cccc(F)c2)n1)c1ccnn1COc1ccccc1Cl. The van der Waals surface area contributed by atoms with Gasteiger partial charge in [0.1, 0.15) is 23.6 Å². The third kappa shape index (κ3) is 4.64. The molecule has 2 aromatic carbocycles. The Morgan fingerprint density at radius 3 is 2.87 bits per heavy atom. The number of hydrogen-bond acceptors (Lipinski definition) is 5. The summed E-state index contributed by atoms with van der Waals surface area (Å²) in [5.74, 6) is -0.165. The Hall–Kier alpha value is -3.72. The van der Waals surface area contributed by atoms with E-state index in [9.17, 15) is 9.18 Å². The summed E-state index contributed by atoms with van der Waals surface area (Å²) in [6.45, 7) is 0.325. The van der Waals surface area contributed by atoms with Crippen LogP contribution in [0.25, 0.3) is 0 Å². The standard InChI is InChI=1S/C20H16ClFN6O2/c21-16-6-1-2-7-18(16)30-13-28-17(8-9-24-28)19(29)25-20-23-12-27(26-20)11-14-4-3-5-15(22)10-14/h1-10,12H,11,13H2,(H,25,26,29). The third-order valence-corrected chi connectivity index (χ3v) is 4.44. The van der Waals surface area contributed by atoms with Crippen LogP contribution in [0, 0.1) is 5.82 Å². The van der Waals surface area contributed by atoms with Gasteiger partial charge in [0, 0.05) is 6.20 Å². The van der Waals surface area contributed by atoms with E-state index in [1.807, 2.05) is 0 Å². The minimum atomic E-state index is -0.446. The van der Waals surface area contributed by atoms with Gasteiger partial charge in [-0.05, 0) is 35.9 Å². The van der Waals surface area contributed by atoms with Crippen molar-refractivity contribution in [3.8, 4) is 5.75 Å². The molecule has 2 heterocycles. The summed E-state index contributed by atoms with van der Waals surface area (Å²) in [4.78, 5) is 16.7. The fourth-order valence-electron chi connectivity index (χ4n) is 2.74. The maximum absolute atomic E-state index is 13.3. The molecule has 4 aromatic rings. The Labute approximate surface area is 175 Å². The molecule has 152 valence electrons. The summed E-state index contributed by atoms with van der Waals surface area (Å²) >= 11 is 6.07. The molecule has 10 heteroatoms. The van der Waals surface area contributed by atoms with Crippen LogP contribution in [0.2, 0.25) is 5.02 Å². The van der Waals surface area contributed by atoms with Crippen LogP contribution in [-0.4, -0.2) is 30.5 Å². The van der Waals surface area contributed by atoms with Crippen molar-refractivity contribution in [3.05, 3.63) is 89.2 Å². The fraction of sp³-hybridized carbons (Fsp3) is 0.100. The monoisotopic (exact) mass is 426 g/mol. The van der Waals surface area contributed by atoms with Gasteiger partial charge in [-0.1, -0.05) is 35.9 Å². The second-order valence-electron chi connectivity index (χ2n) is 6.27. The lowest BCUT2D eigenvalue weighted by Gasteiger charge is -2.10. The Balaban J connectivity index is 1.40. The normalized spacial score (nSPS) is 10.7. The van der Waals surface area contributed by atoms with Gasteiger partial charge in [0.25, 0.3) is 5.91 Å². The molecule has 0 unspecified atom stereocenters. The number of rotatable bonds is 7. The van der Waals surface area contributed by atoms with Crippen molar-refractivity contribution < 1.29 is 13.9 Å². The van der Waals surface area contributed by atoms with Crippen molar-refractivity contribution in [2.75, 3.05) is 5.32 Å². The molecular weight excluding hydrogens is 411 g/mol. The maximum atomic E-state index is 13.3. The van der Waals surface area contributed by atoms with E-state index in [0.717, 1.165) is 5.56 Å². The van der Waals surface area contributed by atoms with Gasteiger partial charge in [-0.3, -0.25) is 10.1 Å². The molecule has 0 atom stereocenters. The minimum absolute atomic E-state index is 0.000920. The van der Waals surface area contributed by atoms with Crippen LogP contribution in [0.4, 0.5) is 10.3 Å². The van der Waals surface area contributed by atoms with Crippen LogP contribution in [-0.2, 0) is 13.3 Å². The number of amides is 1. The zero-order chi connectivity index (χ0) is 20.9. The first-order valence-electron chi connectivity index (χ1n) is 8.93. The zero-order valence-corrected chi connectivity index (χ0v) is 16.3. The van der Waals surface area contributed by atoms with Crippen molar-refractivity contribution in [3.63, 3.8) is 0 Å². The summed E-state index contributed by atoms with van der Waals surface area (Å²) in [5, 5.41) is 11.4. The second-order valence-corrected chi connectivity index (χ2v) is 6.68. The number of anilines is 1. The highest BCUT2D eigenvalue weighted by atomic mass is 35.5. The Bertz CT molecular complexity index is 1180. The quantitative estimate of drug-likeness (QED) is 0.488. The number of nitrogens with one attached hydrogen (secondary N) is 1. The van der Waals surface area contributed by atoms with Crippen molar-refractivity contribution in [1.82, 2.24) is 24.5 Å². The molecule has 2 aromatic heterocycles. The molecule has 0 bridgehead atoms. The zero-order valence-electron chi connectivity index (χ0n) is 15.6. The smallest absolute Gasteiger partial charge is 0.276 e. The van der Waals surface area contributed by atoms with Gasteiger partial charge in [0.15, 0.2) is 6.73 Å². The van der Waals surface area contributed by atoms with Gasteiger partial charge in [-0.2, -0.15) is 5.10 Å². The highest BCUT2D eigenvalue weighted by Gasteiger charge is 2.15. The minimum Gasteiger partial charge on any atom is -0.470 e. The highest BCUT2D eigenvalue weighted by molar-refractivity contribution is 6.32. The number of para-hydroxylation sites is 1. The number of aromatic nitrogens is 5. The Morgan fingerprint density at radius 2 is 2.03 bits per heavy atom. The fourth-order valence-corrected chi connectivity index (χ4v) is 2.93. The molecule has 8 nitrogen and oxygen atoms in total. The molecule has 1 amide bonds. The number of carbonyl (C=O) groups excluding carboxylic acids is 1. The number of nitrogens with zero attached hydrogens (tertiary/aromatic N) is 5. The van der Waals surface area contributed by atoms with Gasteiger partial charge in [-0.25, -0.2) is 18.7 Å². The van der Waals surface area contributed by atoms with E-state index >= 15 is 0 Å². The number of hydrogen-bond donors (Lipinski definition) is 1. The molecule has 0 radical (unpaired) electrons. The van der Waals surface area contributed by atoms with E-state index in [4.69, 9.17) is 16.3 Å².